The number of hydrogen-bond donors (Lipinski definition) is 2. The molecule has 0 aliphatic carbocycles. The number of benzene rings is 1. The normalized spacial score (nSPS) is 10.2. The van der Waals surface area contributed by atoms with Gasteiger partial charge in [0, 0.05) is 6.54 Å². The van der Waals surface area contributed by atoms with E-state index < -0.39 is 0 Å². The molecular formula is C14H16ClN3. The second-order valence-corrected chi connectivity index (χ2v) is 4.51. The summed E-state index contributed by atoms with van der Waals surface area (Å²) in [5, 5.41) is 7.20. The minimum Gasteiger partial charge on any atom is -0.384 e. The number of aromatic nitrogens is 1. The molecule has 94 valence electrons. The Bertz CT molecular complexity index is 540. The van der Waals surface area contributed by atoms with E-state index in [4.69, 9.17) is 11.6 Å². The third-order valence-electron chi connectivity index (χ3n) is 2.52. The van der Waals surface area contributed by atoms with Crippen LogP contribution in [0, 0.1) is 6.92 Å². The molecule has 0 saturated carbocycles. The first-order chi connectivity index (χ1) is 8.69. The Kier molecular flexibility index (Phi) is 4.05. The summed E-state index contributed by atoms with van der Waals surface area (Å²) in [5.41, 5.74) is 3.97. The fourth-order valence-electron chi connectivity index (χ4n) is 1.70. The average molecular weight is 262 g/mol. The first kappa shape index (κ1) is 12.7. The molecule has 0 unspecified atom stereocenters. The van der Waals surface area contributed by atoms with E-state index >= 15 is 0 Å². The molecule has 0 bridgehead atoms. The summed E-state index contributed by atoms with van der Waals surface area (Å²) in [7, 11) is 0. The third-order valence-corrected chi connectivity index (χ3v) is 2.85. The van der Waals surface area contributed by atoms with Crippen molar-refractivity contribution < 1.29 is 0 Å². The number of rotatable bonds is 4. The van der Waals surface area contributed by atoms with Crippen LogP contribution in [0.1, 0.15) is 12.5 Å². The van der Waals surface area contributed by atoms with Gasteiger partial charge in [-0.3, -0.25) is 4.98 Å². The summed E-state index contributed by atoms with van der Waals surface area (Å²) in [4.78, 5) is 4.18. The Hall–Kier alpha value is -1.74. The van der Waals surface area contributed by atoms with Crippen LogP contribution in [0.25, 0.3) is 0 Å². The van der Waals surface area contributed by atoms with Crippen LogP contribution in [0.2, 0.25) is 5.02 Å². The smallest absolute Gasteiger partial charge is 0.0641 e. The molecule has 2 rings (SSSR count). The van der Waals surface area contributed by atoms with E-state index in [2.05, 4.69) is 22.5 Å². The van der Waals surface area contributed by atoms with Crippen molar-refractivity contribution in [2.45, 2.75) is 13.8 Å². The van der Waals surface area contributed by atoms with E-state index in [-0.39, 0.29) is 0 Å². The Morgan fingerprint density at radius 3 is 2.72 bits per heavy atom. The van der Waals surface area contributed by atoms with Crippen LogP contribution in [0.3, 0.4) is 0 Å². The van der Waals surface area contributed by atoms with Crippen molar-refractivity contribution >= 4 is 28.7 Å². The Balaban J connectivity index is 2.22. The molecule has 0 atom stereocenters. The molecule has 0 aliphatic rings. The second-order valence-electron chi connectivity index (χ2n) is 4.10. The lowest BCUT2D eigenvalue weighted by molar-refractivity contribution is 1.19. The summed E-state index contributed by atoms with van der Waals surface area (Å²) in [5.74, 6) is 0. The average Bonchev–Trinajstić information content (AvgIpc) is 2.35. The fourth-order valence-corrected chi connectivity index (χ4v) is 1.86. The molecule has 4 heteroatoms. The second kappa shape index (κ2) is 5.74. The minimum absolute atomic E-state index is 0.703. The minimum atomic E-state index is 0.703. The molecule has 0 spiro atoms. The van der Waals surface area contributed by atoms with Crippen molar-refractivity contribution in [3.8, 4) is 0 Å². The largest absolute Gasteiger partial charge is 0.384 e. The zero-order valence-electron chi connectivity index (χ0n) is 10.5. The zero-order valence-corrected chi connectivity index (χ0v) is 11.3. The summed E-state index contributed by atoms with van der Waals surface area (Å²) >= 11 is 6.15. The molecule has 1 heterocycles. The Morgan fingerprint density at radius 2 is 1.94 bits per heavy atom. The van der Waals surface area contributed by atoms with Crippen molar-refractivity contribution in [1.82, 2.24) is 4.98 Å². The van der Waals surface area contributed by atoms with Gasteiger partial charge >= 0.3 is 0 Å². The standard InChI is InChI=1S/C14H16ClN3/c1-3-17-11-7-12(9-16-8-11)18-14-6-10(2)4-5-13(14)15/h4-9,17-18H,3H2,1-2H3. The van der Waals surface area contributed by atoms with Crippen LogP contribution < -0.4 is 10.6 Å². The van der Waals surface area contributed by atoms with Gasteiger partial charge in [0.25, 0.3) is 0 Å². The highest BCUT2D eigenvalue weighted by Gasteiger charge is 2.02. The molecule has 3 nitrogen and oxygen atoms in total. The summed E-state index contributed by atoms with van der Waals surface area (Å²) in [6, 6.07) is 7.90. The molecule has 0 aliphatic heterocycles. The lowest BCUT2D eigenvalue weighted by Crippen LogP contribution is -1.99. The number of aryl methyl sites for hydroxylation is 1. The highest BCUT2D eigenvalue weighted by atomic mass is 35.5. The molecule has 0 fully saturated rings. The van der Waals surface area contributed by atoms with Crippen LogP contribution in [-0.2, 0) is 0 Å². The lowest BCUT2D eigenvalue weighted by Gasteiger charge is -2.10. The summed E-state index contributed by atoms with van der Waals surface area (Å²) in [6.07, 6.45) is 3.58. The highest BCUT2D eigenvalue weighted by Crippen LogP contribution is 2.26. The van der Waals surface area contributed by atoms with Gasteiger partial charge in [-0.05, 0) is 37.6 Å². The van der Waals surface area contributed by atoms with E-state index in [1.165, 1.54) is 0 Å². The predicted octanol–water partition coefficient (Wildman–Crippen LogP) is 4.22. The summed E-state index contributed by atoms with van der Waals surface area (Å²) < 4.78 is 0. The van der Waals surface area contributed by atoms with Crippen LogP contribution >= 0.6 is 11.6 Å². The molecule has 2 N–H and O–H groups in total. The number of hydrogen-bond acceptors (Lipinski definition) is 3. The van der Waals surface area contributed by atoms with E-state index in [0.29, 0.717) is 5.02 Å². The maximum absolute atomic E-state index is 6.15. The first-order valence-corrected chi connectivity index (χ1v) is 6.29. The van der Waals surface area contributed by atoms with E-state index in [0.717, 1.165) is 29.2 Å². The molecule has 0 radical (unpaired) electrons. The number of nitrogens with zero attached hydrogens (tertiary/aromatic N) is 1. The van der Waals surface area contributed by atoms with Crippen molar-refractivity contribution in [2.24, 2.45) is 0 Å². The highest BCUT2D eigenvalue weighted by molar-refractivity contribution is 6.33. The van der Waals surface area contributed by atoms with Crippen molar-refractivity contribution in [3.05, 3.63) is 47.2 Å². The maximum Gasteiger partial charge on any atom is 0.0641 e. The molecular weight excluding hydrogens is 246 g/mol. The zero-order chi connectivity index (χ0) is 13.0. The van der Waals surface area contributed by atoms with Gasteiger partial charge in [0.15, 0.2) is 0 Å². The van der Waals surface area contributed by atoms with Crippen LogP contribution in [0.5, 0.6) is 0 Å². The summed E-state index contributed by atoms with van der Waals surface area (Å²) in [6.45, 7) is 4.96. The van der Waals surface area contributed by atoms with E-state index in [9.17, 15) is 0 Å². The number of pyridine rings is 1. The predicted molar refractivity (Wildman–Crippen MR) is 77.9 cm³/mol. The molecule has 18 heavy (non-hydrogen) atoms. The SMILES string of the molecule is CCNc1cncc(Nc2cc(C)ccc2Cl)c1. The molecule has 0 saturated heterocycles. The number of halogens is 1. The van der Waals surface area contributed by atoms with E-state index in [1.54, 1.807) is 12.4 Å². The quantitative estimate of drug-likeness (QED) is 0.865. The van der Waals surface area contributed by atoms with Gasteiger partial charge in [-0.1, -0.05) is 17.7 Å². The van der Waals surface area contributed by atoms with E-state index in [1.807, 2.05) is 31.2 Å². The first-order valence-electron chi connectivity index (χ1n) is 5.91. The van der Waals surface area contributed by atoms with Gasteiger partial charge in [0.2, 0.25) is 0 Å². The van der Waals surface area contributed by atoms with Gasteiger partial charge in [-0.15, -0.1) is 0 Å². The Labute approximate surface area is 112 Å². The third kappa shape index (κ3) is 3.14. The van der Waals surface area contributed by atoms with Gasteiger partial charge in [0.1, 0.15) is 0 Å². The fraction of sp³-hybridized carbons (Fsp3) is 0.214. The Morgan fingerprint density at radius 1 is 1.17 bits per heavy atom. The molecule has 0 amide bonds. The van der Waals surface area contributed by atoms with Crippen molar-refractivity contribution in [1.29, 1.82) is 0 Å². The van der Waals surface area contributed by atoms with Gasteiger partial charge in [0.05, 0.1) is 34.5 Å². The number of nitrogens with one attached hydrogen (secondary N) is 2. The molecule has 1 aromatic heterocycles. The maximum atomic E-state index is 6.15. The number of anilines is 3. The topological polar surface area (TPSA) is 37.0 Å². The lowest BCUT2D eigenvalue weighted by atomic mass is 10.2. The molecule has 2 aromatic rings. The van der Waals surface area contributed by atoms with Gasteiger partial charge in [-0.25, -0.2) is 0 Å². The van der Waals surface area contributed by atoms with Crippen LogP contribution in [0.4, 0.5) is 17.1 Å². The van der Waals surface area contributed by atoms with Crippen LogP contribution in [0.15, 0.2) is 36.7 Å². The van der Waals surface area contributed by atoms with Crippen molar-refractivity contribution in [3.63, 3.8) is 0 Å². The monoisotopic (exact) mass is 261 g/mol. The van der Waals surface area contributed by atoms with Crippen LogP contribution in [-0.4, -0.2) is 11.5 Å². The molecule has 1 aromatic carbocycles. The van der Waals surface area contributed by atoms with Crippen molar-refractivity contribution in [2.75, 3.05) is 17.2 Å². The van der Waals surface area contributed by atoms with Gasteiger partial charge < -0.3 is 10.6 Å². The van der Waals surface area contributed by atoms with Gasteiger partial charge in [-0.2, -0.15) is 0 Å².